The minimum absolute atomic E-state index is 0.0469. The van der Waals surface area contributed by atoms with Crippen molar-refractivity contribution in [2.24, 2.45) is 11.8 Å². The molecule has 1 aliphatic heterocycles. The molecule has 1 heterocycles. The molecule has 230 valence electrons. The smallest absolute Gasteiger partial charge is 0.229 e. The Morgan fingerprint density at radius 1 is 0.683 bits per heavy atom. The lowest BCUT2D eigenvalue weighted by atomic mass is 9.83. The van der Waals surface area contributed by atoms with E-state index in [0.29, 0.717) is 18.4 Å². The first-order valence-corrected chi connectivity index (χ1v) is 13.0. The number of aromatic hydroxyl groups is 1. The molecule has 0 radical (unpaired) electrons. The van der Waals surface area contributed by atoms with Crippen molar-refractivity contribution in [2.45, 2.75) is 43.5 Å². The van der Waals surface area contributed by atoms with E-state index in [-0.39, 0.29) is 53.6 Å². The summed E-state index contributed by atoms with van der Waals surface area (Å²) in [6, 6.07) is 6.58. The molecule has 13 nitrogen and oxygen atoms in total. The van der Waals surface area contributed by atoms with Gasteiger partial charge in [0, 0.05) is 13.2 Å². The van der Waals surface area contributed by atoms with Crippen molar-refractivity contribution in [3.05, 3.63) is 35.4 Å². The quantitative estimate of drug-likeness (QED) is 0.152. The number of rotatable bonds is 14. The van der Waals surface area contributed by atoms with Crippen molar-refractivity contribution in [2.75, 3.05) is 48.3 Å². The van der Waals surface area contributed by atoms with Crippen LogP contribution in [-0.2, 0) is 17.6 Å². The molecule has 2 aromatic rings. The first-order valence-electron chi connectivity index (χ1n) is 13.0. The van der Waals surface area contributed by atoms with Gasteiger partial charge in [0.15, 0.2) is 23.0 Å². The lowest BCUT2D eigenvalue weighted by Crippen LogP contribution is -2.60. The largest absolute Gasteiger partial charge is 0.502 e. The first kappa shape index (κ1) is 32.5. The highest BCUT2D eigenvalue weighted by atomic mass is 16.7. The third-order valence-corrected chi connectivity index (χ3v) is 7.27. The molecule has 41 heavy (non-hydrogen) atoms. The van der Waals surface area contributed by atoms with Gasteiger partial charge in [0.05, 0.1) is 35.0 Å². The molecule has 7 atom stereocenters. The second kappa shape index (κ2) is 14.7. The van der Waals surface area contributed by atoms with Crippen LogP contribution >= 0.6 is 0 Å². The van der Waals surface area contributed by atoms with Crippen molar-refractivity contribution >= 4 is 0 Å². The van der Waals surface area contributed by atoms with E-state index in [1.165, 1.54) is 28.4 Å². The normalized spacial score (nSPS) is 23.9. The molecule has 2 aromatic carbocycles. The Kier molecular flexibility index (Phi) is 11.7. The molecule has 7 N–H and O–H groups in total. The van der Waals surface area contributed by atoms with Crippen LogP contribution in [0.2, 0.25) is 0 Å². The third kappa shape index (κ3) is 7.25. The van der Waals surface area contributed by atoms with Crippen LogP contribution < -0.4 is 23.7 Å². The predicted molar refractivity (Wildman–Crippen MR) is 144 cm³/mol. The van der Waals surface area contributed by atoms with Gasteiger partial charge >= 0.3 is 0 Å². The maximum Gasteiger partial charge on any atom is 0.229 e. The number of hydrogen-bond donors (Lipinski definition) is 7. The standard InChI is InChI=1S/C28H40O13/c1-36-18-7-14(8-19(37-2)23(18)32)5-16(11-29)17(12-30)6-15-9-20(38-3)27(21(10-15)39-4)41-28-26(35)25(34)24(33)22(13-31)40-28/h7-10,16-17,22,24-26,28-35H,5-6,11-13H2,1-4H3/t16?,17?,22-,24-,25+,26-,28+/m1/s1. The summed E-state index contributed by atoms with van der Waals surface area (Å²) in [5.74, 6) is -0.0440. The monoisotopic (exact) mass is 584 g/mol. The number of aliphatic hydroxyl groups is 6. The van der Waals surface area contributed by atoms with Crippen LogP contribution in [0.1, 0.15) is 11.1 Å². The maximum atomic E-state index is 10.4. The van der Waals surface area contributed by atoms with E-state index in [2.05, 4.69) is 0 Å². The minimum Gasteiger partial charge on any atom is -0.502 e. The Morgan fingerprint density at radius 3 is 1.51 bits per heavy atom. The van der Waals surface area contributed by atoms with Crippen LogP contribution in [-0.4, -0.2) is 115 Å². The van der Waals surface area contributed by atoms with Crippen molar-refractivity contribution in [1.82, 2.24) is 0 Å². The Balaban J connectivity index is 1.86. The summed E-state index contributed by atoms with van der Waals surface area (Å²) in [6.07, 6.45) is -6.77. The average molecular weight is 585 g/mol. The Labute approximate surface area is 238 Å². The molecule has 2 unspecified atom stereocenters. The number of aliphatic hydroxyl groups excluding tert-OH is 6. The van der Waals surface area contributed by atoms with E-state index in [0.717, 1.165) is 5.56 Å². The molecular formula is C28H40O13. The fourth-order valence-corrected chi connectivity index (χ4v) is 4.88. The summed E-state index contributed by atoms with van der Waals surface area (Å²) in [7, 11) is 5.63. The molecule has 0 aliphatic carbocycles. The van der Waals surface area contributed by atoms with Crippen LogP contribution in [0.3, 0.4) is 0 Å². The van der Waals surface area contributed by atoms with Crippen LogP contribution in [0.25, 0.3) is 0 Å². The average Bonchev–Trinajstić information content (AvgIpc) is 2.99. The summed E-state index contributed by atoms with van der Waals surface area (Å²) in [5.41, 5.74) is 1.41. The molecule has 1 fully saturated rings. The van der Waals surface area contributed by atoms with Gasteiger partial charge in [-0.1, -0.05) is 0 Å². The van der Waals surface area contributed by atoms with E-state index >= 15 is 0 Å². The van der Waals surface area contributed by atoms with E-state index < -0.39 is 43.2 Å². The van der Waals surface area contributed by atoms with E-state index in [9.17, 15) is 35.7 Å². The summed E-state index contributed by atoms with van der Waals surface area (Å²) < 4.78 is 32.7. The zero-order valence-electron chi connectivity index (χ0n) is 23.5. The molecule has 0 spiro atoms. The lowest BCUT2D eigenvalue weighted by Gasteiger charge is -2.39. The highest BCUT2D eigenvalue weighted by Crippen LogP contribution is 2.42. The highest BCUT2D eigenvalue weighted by molar-refractivity contribution is 5.54. The third-order valence-electron chi connectivity index (χ3n) is 7.27. The SMILES string of the molecule is COc1cc(CC(CO)C(CO)Cc2cc(OC)c(O[C@@H]3O[C@H](CO)[C@@H](O)[C@H](O)[C@H]3O)c(OC)c2)cc(OC)c1O. The first-order chi connectivity index (χ1) is 19.6. The van der Waals surface area contributed by atoms with Gasteiger partial charge in [0.2, 0.25) is 17.8 Å². The van der Waals surface area contributed by atoms with Crippen molar-refractivity contribution in [3.8, 4) is 34.5 Å². The fourth-order valence-electron chi connectivity index (χ4n) is 4.88. The molecule has 0 saturated carbocycles. The second-order valence-electron chi connectivity index (χ2n) is 9.79. The molecule has 13 heteroatoms. The Morgan fingerprint density at radius 2 is 1.12 bits per heavy atom. The molecule has 1 saturated heterocycles. The summed E-state index contributed by atoms with van der Waals surface area (Å²) in [4.78, 5) is 0. The maximum absolute atomic E-state index is 10.4. The molecular weight excluding hydrogens is 544 g/mol. The summed E-state index contributed by atoms with van der Waals surface area (Å²) in [5, 5.41) is 70.7. The summed E-state index contributed by atoms with van der Waals surface area (Å²) >= 11 is 0. The van der Waals surface area contributed by atoms with Crippen LogP contribution in [0, 0.1) is 11.8 Å². The molecule has 0 amide bonds. The van der Waals surface area contributed by atoms with Gasteiger partial charge in [-0.2, -0.15) is 0 Å². The number of ether oxygens (including phenoxy) is 6. The van der Waals surface area contributed by atoms with Crippen molar-refractivity contribution in [1.29, 1.82) is 0 Å². The van der Waals surface area contributed by atoms with Gasteiger partial charge in [-0.3, -0.25) is 0 Å². The van der Waals surface area contributed by atoms with Crippen LogP contribution in [0.4, 0.5) is 0 Å². The van der Waals surface area contributed by atoms with Crippen molar-refractivity contribution in [3.63, 3.8) is 0 Å². The Hall–Kier alpha value is -3.04. The van der Waals surface area contributed by atoms with Gasteiger partial charge in [-0.25, -0.2) is 0 Å². The van der Waals surface area contributed by atoms with E-state index in [4.69, 9.17) is 28.4 Å². The number of hydrogen-bond acceptors (Lipinski definition) is 13. The number of phenols is 1. The van der Waals surface area contributed by atoms with Gasteiger partial charge in [0.25, 0.3) is 0 Å². The Bertz CT molecular complexity index is 1070. The highest BCUT2D eigenvalue weighted by Gasteiger charge is 2.45. The number of phenolic OH excluding ortho intramolecular Hbond substituents is 1. The van der Waals surface area contributed by atoms with E-state index in [1.807, 2.05) is 0 Å². The molecule has 0 bridgehead atoms. The van der Waals surface area contributed by atoms with Crippen LogP contribution in [0.15, 0.2) is 24.3 Å². The molecule has 3 rings (SSSR count). The van der Waals surface area contributed by atoms with Gasteiger partial charge in [-0.05, 0) is 60.1 Å². The summed E-state index contributed by atoms with van der Waals surface area (Å²) in [6.45, 7) is -1.09. The lowest BCUT2D eigenvalue weighted by molar-refractivity contribution is -0.277. The number of benzene rings is 2. The topological polar surface area (TPSA) is 197 Å². The van der Waals surface area contributed by atoms with Gasteiger partial charge in [0.1, 0.15) is 24.4 Å². The second-order valence-corrected chi connectivity index (χ2v) is 9.79. The van der Waals surface area contributed by atoms with Gasteiger partial charge in [-0.15, -0.1) is 0 Å². The predicted octanol–water partition coefficient (Wildman–Crippen LogP) is -0.392. The van der Waals surface area contributed by atoms with E-state index in [1.54, 1.807) is 24.3 Å². The van der Waals surface area contributed by atoms with Crippen molar-refractivity contribution < 1.29 is 64.2 Å². The molecule has 1 aliphatic rings. The fraction of sp³-hybridized carbons (Fsp3) is 0.571. The zero-order chi connectivity index (χ0) is 30.3. The molecule has 0 aromatic heterocycles. The van der Waals surface area contributed by atoms with Crippen LogP contribution in [0.5, 0.6) is 34.5 Å². The minimum atomic E-state index is -1.64. The van der Waals surface area contributed by atoms with Gasteiger partial charge < -0.3 is 64.2 Å². The zero-order valence-corrected chi connectivity index (χ0v) is 23.5. The number of methoxy groups -OCH3 is 4.